The largest absolute Gasteiger partial charge is 0.461 e. The third kappa shape index (κ3) is 4.44. The lowest BCUT2D eigenvalue weighted by atomic mass is 9.71. The summed E-state index contributed by atoms with van der Waals surface area (Å²) in [5, 5.41) is 12.6. The zero-order chi connectivity index (χ0) is 29.4. The molecule has 0 aromatic heterocycles. The molecule has 8 heteroatoms. The summed E-state index contributed by atoms with van der Waals surface area (Å²) in [6.07, 6.45) is 4.51. The molecule has 2 unspecified atom stereocenters. The molecule has 0 radical (unpaired) electrons. The molecule has 3 aromatic rings. The quantitative estimate of drug-likeness (QED) is 0.270. The highest BCUT2D eigenvalue weighted by molar-refractivity contribution is 8.02. The van der Waals surface area contributed by atoms with Crippen LogP contribution in [0.2, 0.25) is 0 Å². The number of carbonyl (C=O) groups excluding carboxylic acids is 3. The average Bonchev–Trinajstić information content (AvgIpc) is 3.67. The van der Waals surface area contributed by atoms with Crippen LogP contribution in [0.25, 0.3) is 10.8 Å². The number of hydrogen-bond acceptors (Lipinski definition) is 6. The number of rotatable bonds is 10. The third-order valence-electron chi connectivity index (χ3n) is 8.90. The monoisotopic (exact) mass is 582 g/mol. The maximum absolute atomic E-state index is 14.9. The molecule has 42 heavy (non-hydrogen) atoms. The van der Waals surface area contributed by atoms with E-state index in [2.05, 4.69) is 13.2 Å². The molecule has 216 valence electrons. The molecule has 3 aliphatic heterocycles. The van der Waals surface area contributed by atoms with E-state index in [-0.39, 0.29) is 36.8 Å². The summed E-state index contributed by atoms with van der Waals surface area (Å²) in [6.45, 7) is 7.50. The summed E-state index contributed by atoms with van der Waals surface area (Å²) in [5.41, 5.74) is 1.43. The lowest BCUT2D eigenvalue weighted by Gasteiger charge is -2.39. The summed E-state index contributed by atoms with van der Waals surface area (Å²) in [4.78, 5) is 46.0. The van der Waals surface area contributed by atoms with Crippen molar-refractivity contribution in [1.29, 1.82) is 0 Å². The summed E-state index contributed by atoms with van der Waals surface area (Å²) < 4.78 is 4.66. The molecule has 3 saturated heterocycles. The van der Waals surface area contributed by atoms with Crippen LogP contribution >= 0.6 is 11.8 Å². The van der Waals surface area contributed by atoms with E-state index in [1.54, 1.807) is 27.6 Å². The summed E-state index contributed by atoms with van der Waals surface area (Å²) in [5.74, 6) is -2.36. The molecule has 1 N–H and O–H groups in total. The minimum Gasteiger partial charge on any atom is -0.461 e. The molecule has 0 aliphatic carbocycles. The van der Waals surface area contributed by atoms with E-state index in [4.69, 9.17) is 4.74 Å². The van der Waals surface area contributed by atoms with Gasteiger partial charge in [-0.1, -0.05) is 79.4 Å². The van der Waals surface area contributed by atoms with Gasteiger partial charge >= 0.3 is 5.97 Å². The minimum absolute atomic E-state index is 0.0606. The van der Waals surface area contributed by atoms with Crippen molar-refractivity contribution in [2.24, 2.45) is 11.8 Å². The van der Waals surface area contributed by atoms with Crippen molar-refractivity contribution in [3.63, 3.8) is 0 Å². The van der Waals surface area contributed by atoms with E-state index in [1.807, 2.05) is 72.8 Å². The number of anilines is 1. The highest BCUT2D eigenvalue weighted by Gasteiger charge is 2.75. The van der Waals surface area contributed by atoms with E-state index >= 15 is 0 Å². The first-order chi connectivity index (χ1) is 20.4. The van der Waals surface area contributed by atoms with Gasteiger partial charge in [-0.3, -0.25) is 14.4 Å². The van der Waals surface area contributed by atoms with E-state index in [1.165, 1.54) is 6.08 Å². The number of ether oxygens (including phenoxy) is 1. The Hall–Kier alpha value is -3.88. The number of likely N-dealkylation sites (tertiary alicyclic amines) is 1. The maximum atomic E-state index is 14.9. The zero-order valence-corrected chi connectivity index (χ0v) is 24.1. The molecule has 1 spiro atoms. The number of aliphatic hydroxyl groups excluding tert-OH is 1. The molecule has 0 saturated carbocycles. The molecule has 7 nitrogen and oxygen atoms in total. The van der Waals surface area contributed by atoms with Crippen molar-refractivity contribution < 1.29 is 24.2 Å². The Balaban J connectivity index is 1.47. The molecular formula is C34H34N2O5S. The number of fused-ring (bicyclic) bond motifs is 2. The van der Waals surface area contributed by atoms with Gasteiger partial charge in [0.2, 0.25) is 5.91 Å². The van der Waals surface area contributed by atoms with E-state index in [9.17, 15) is 19.5 Å². The lowest BCUT2D eigenvalue weighted by Crippen LogP contribution is -2.56. The summed E-state index contributed by atoms with van der Waals surface area (Å²) in [6, 6.07) is 21.4. The van der Waals surface area contributed by atoms with Crippen LogP contribution in [-0.4, -0.2) is 63.6 Å². The second-order valence-electron chi connectivity index (χ2n) is 11.1. The van der Waals surface area contributed by atoms with Gasteiger partial charge in [0.05, 0.1) is 29.2 Å². The van der Waals surface area contributed by atoms with Crippen LogP contribution < -0.4 is 4.90 Å². The van der Waals surface area contributed by atoms with Gasteiger partial charge < -0.3 is 19.6 Å². The average molecular weight is 583 g/mol. The van der Waals surface area contributed by atoms with Crippen LogP contribution in [0, 0.1) is 11.8 Å². The fourth-order valence-corrected chi connectivity index (χ4v) is 9.37. The molecule has 3 aliphatic rings. The van der Waals surface area contributed by atoms with E-state index < -0.39 is 34.6 Å². The van der Waals surface area contributed by atoms with Gasteiger partial charge in [0.25, 0.3) is 5.91 Å². The maximum Gasteiger partial charge on any atom is 0.311 e. The Morgan fingerprint density at radius 3 is 2.52 bits per heavy atom. The van der Waals surface area contributed by atoms with Gasteiger partial charge in [0, 0.05) is 17.5 Å². The number of benzene rings is 3. The van der Waals surface area contributed by atoms with Crippen LogP contribution in [0.4, 0.5) is 5.69 Å². The van der Waals surface area contributed by atoms with Crippen molar-refractivity contribution >= 4 is 46.0 Å². The molecule has 3 heterocycles. The lowest BCUT2D eigenvalue weighted by molar-refractivity contribution is -0.153. The van der Waals surface area contributed by atoms with Crippen molar-refractivity contribution in [2.75, 3.05) is 24.7 Å². The normalized spacial score (nSPS) is 26.6. The number of carbonyl (C=O) groups is 3. The molecule has 3 fully saturated rings. The Labute approximate surface area is 249 Å². The predicted molar refractivity (Wildman–Crippen MR) is 165 cm³/mol. The first kappa shape index (κ1) is 28.2. The third-order valence-corrected chi connectivity index (χ3v) is 10.9. The number of hydrogen-bond donors (Lipinski definition) is 1. The van der Waals surface area contributed by atoms with Gasteiger partial charge in [0.15, 0.2) is 0 Å². The van der Waals surface area contributed by atoms with Crippen LogP contribution in [0.15, 0.2) is 98.1 Å². The van der Waals surface area contributed by atoms with Gasteiger partial charge in [-0.25, -0.2) is 0 Å². The Morgan fingerprint density at radius 2 is 1.81 bits per heavy atom. The standard InChI is InChI=1S/C34H34N2O5S/c1-3-18-35(25-15-14-22-10-8-9-13-24(22)20-25)32(39)30-34-17-16-27(42-34)28(33(40)41-19-4-2)29(34)31(38)36(30)26(21-37)23-11-6-5-7-12-23/h3-15,20,26-30,37H,1-2,16-19,21H2/t26-,27-,28+,29+,30?,34?/m1/s1. The van der Waals surface area contributed by atoms with Gasteiger partial charge in [-0.05, 0) is 41.3 Å². The van der Waals surface area contributed by atoms with Crippen LogP contribution in [-0.2, 0) is 19.1 Å². The number of esters is 1. The molecule has 2 amide bonds. The van der Waals surface area contributed by atoms with Crippen LogP contribution in [0.5, 0.6) is 0 Å². The van der Waals surface area contributed by atoms with Gasteiger partial charge in [-0.15, -0.1) is 18.3 Å². The van der Waals surface area contributed by atoms with E-state index in [0.29, 0.717) is 18.5 Å². The Kier molecular flexibility index (Phi) is 7.68. The zero-order valence-electron chi connectivity index (χ0n) is 23.3. The van der Waals surface area contributed by atoms with Gasteiger partial charge in [-0.2, -0.15) is 0 Å². The first-order valence-corrected chi connectivity index (χ1v) is 15.2. The van der Waals surface area contributed by atoms with Crippen LogP contribution in [0.1, 0.15) is 24.4 Å². The molecule has 2 bridgehead atoms. The fourth-order valence-electron chi connectivity index (χ4n) is 7.18. The number of aliphatic hydroxyl groups is 1. The molecular weight excluding hydrogens is 548 g/mol. The molecule has 6 atom stereocenters. The van der Waals surface area contributed by atoms with Crippen molar-refractivity contribution in [3.8, 4) is 0 Å². The Morgan fingerprint density at radius 1 is 1.07 bits per heavy atom. The number of thioether (sulfide) groups is 1. The SMILES string of the molecule is C=CCOC(=O)[C@@H]1[C@H]2C(=O)N([C@H](CO)c3ccccc3)C(C(=O)N(CC=C)c3ccc4ccccc4c3)C23CC[C@H]1S3. The number of amides is 2. The topological polar surface area (TPSA) is 87.1 Å². The Bertz CT molecular complexity index is 1540. The van der Waals surface area contributed by atoms with Crippen LogP contribution in [0.3, 0.4) is 0 Å². The first-order valence-electron chi connectivity index (χ1n) is 14.3. The van der Waals surface area contributed by atoms with Gasteiger partial charge in [0.1, 0.15) is 12.6 Å². The second-order valence-corrected chi connectivity index (χ2v) is 12.7. The number of nitrogens with zero attached hydrogens (tertiary/aromatic N) is 2. The van der Waals surface area contributed by atoms with Crippen molar-refractivity contribution in [3.05, 3.63) is 104 Å². The predicted octanol–water partition coefficient (Wildman–Crippen LogP) is 4.91. The summed E-state index contributed by atoms with van der Waals surface area (Å²) in [7, 11) is 0. The summed E-state index contributed by atoms with van der Waals surface area (Å²) >= 11 is 1.58. The second kappa shape index (κ2) is 11.4. The highest BCUT2D eigenvalue weighted by Crippen LogP contribution is 2.67. The van der Waals surface area contributed by atoms with E-state index in [0.717, 1.165) is 16.3 Å². The minimum atomic E-state index is -0.897. The van der Waals surface area contributed by atoms with Crippen molar-refractivity contribution in [1.82, 2.24) is 4.90 Å². The smallest absolute Gasteiger partial charge is 0.311 e. The van der Waals surface area contributed by atoms with Crippen molar-refractivity contribution in [2.45, 2.75) is 34.9 Å². The highest BCUT2D eigenvalue weighted by atomic mass is 32.2. The molecule has 6 rings (SSSR count). The molecule has 3 aromatic carbocycles. The fraction of sp³-hybridized carbons (Fsp3) is 0.324.